The summed E-state index contributed by atoms with van der Waals surface area (Å²) < 4.78 is 37.5. The Balaban J connectivity index is 2.29. The van der Waals surface area contributed by atoms with Crippen LogP contribution in [-0.4, -0.2) is 10.4 Å². The molecule has 1 nitrogen and oxygen atoms in total. The SMILES string of the molecule is CC1(C)CC(c2cnc(C(F)(F)F)s2)=CC(Cl)C1. The average molecular weight is 296 g/mol. The van der Waals surface area contributed by atoms with Crippen LogP contribution < -0.4 is 0 Å². The van der Waals surface area contributed by atoms with E-state index in [1.807, 2.05) is 6.08 Å². The van der Waals surface area contributed by atoms with Crippen molar-refractivity contribution in [2.45, 2.75) is 38.2 Å². The van der Waals surface area contributed by atoms with Crippen LogP contribution in [0.2, 0.25) is 0 Å². The van der Waals surface area contributed by atoms with Crippen molar-refractivity contribution in [2.24, 2.45) is 5.41 Å². The van der Waals surface area contributed by atoms with Crippen LogP contribution in [0.1, 0.15) is 36.6 Å². The Morgan fingerprint density at radius 3 is 2.61 bits per heavy atom. The van der Waals surface area contributed by atoms with Crippen molar-refractivity contribution in [3.63, 3.8) is 0 Å². The van der Waals surface area contributed by atoms with Crippen molar-refractivity contribution in [3.05, 3.63) is 22.2 Å². The third-order valence-electron chi connectivity index (χ3n) is 2.86. The van der Waals surface area contributed by atoms with Gasteiger partial charge >= 0.3 is 6.18 Å². The minimum Gasteiger partial charge on any atom is -0.240 e. The summed E-state index contributed by atoms with van der Waals surface area (Å²) in [7, 11) is 0. The second kappa shape index (κ2) is 4.53. The third kappa shape index (κ3) is 3.06. The number of rotatable bonds is 1. The lowest BCUT2D eigenvalue weighted by Gasteiger charge is -2.31. The number of hydrogen-bond acceptors (Lipinski definition) is 2. The molecule has 1 aliphatic carbocycles. The molecule has 0 saturated carbocycles. The summed E-state index contributed by atoms with van der Waals surface area (Å²) in [5.41, 5.74) is 0.887. The van der Waals surface area contributed by atoms with Gasteiger partial charge in [-0.3, -0.25) is 0 Å². The Bertz CT molecular complexity index is 476. The number of hydrogen-bond donors (Lipinski definition) is 0. The number of aromatic nitrogens is 1. The normalized spacial score (nSPS) is 23.9. The predicted octanol–water partition coefficient (Wildman–Crippen LogP) is 4.97. The van der Waals surface area contributed by atoms with Crippen LogP contribution in [0.5, 0.6) is 0 Å². The lowest BCUT2D eigenvalue weighted by atomic mass is 9.77. The molecule has 0 amide bonds. The van der Waals surface area contributed by atoms with Crippen LogP contribution in [0.3, 0.4) is 0 Å². The standard InChI is InChI=1S/C12H13ClF3NS/c1-11(2)4-7(3-8(13)5-11)9-6-17-10(18-9)12(14,15)16/h3,6,8H,4-5H2,1-2H3. The Labute approximate surface area is 113 Å². The van der Waals surface area contributed by atoms with E-state index in [1.54, 1.807) is 0 Å². The van der Waals surface area contributed by atoms with Crippen molar-refractivity contribution in [2.75, 3.05) is 0 Å². The highest BCUT2D eigenvalue weighted by Gasteiger charge is 2.36. The highest BCUT2D eigenvalue weighted by atomic mass is 35.5. The number of thiazole rings is 1. The van der Waals surface area contributed by atoms with Gasteiger partial charge in [-0.05, 0) is 23.8 Å². The van der Waals surface area contributed by atoms with Crippen molar-refractivity contribution >= 4 is 28.5 Å². The van der Waals surface area contributed by atoms with E-state index in [1.165, 1.54) is 6.20 Å². The van der Waals surface area contributed by atoms with Gasteiger partial charge < -0.3 is 0 Å². The Morgan fingerprint density at radius 1 is 1.44 bits per heavy atom. The van der Waals surface area contributed by atoms with Crippen molar-refractivity contribution < 1.29 is 13.2 Å². The smallest absolute Gasteiger partial charge is 0.240 e. The van der Waals surface area contributed by atoms with E-state index in [4.69, 9.17) is 11.6 Å². The third-order valence-corrected chi connectivity index (χ3v) is 4.26. The molecule has 1 unspecified atom stereocenters. The Morgan fingerprint density at radius 2 is 2.11 bits per heavy atom. The van der Waals surface area contributed by atoms with Gasteiger partial charge in [0.25, 0.3) is 0 Å². The fourth-order valence-corrected chi connectivity index (χ4v) is 3.55. The summed E-state index contributed by atoms with van der Waals surface area (Å²) in [5.74, 6) is 0. The lowest BCUT2D eigenvalue weighted by Crippen LogP contribution is -2.21. The first-order valence-electron chi connectivity index (χ1n) is 5.55. The van der Waals surface area contributed by atoms with Gasteiger partial charge in [-0.25, -0.2) is 4.98 Å². The molecule has 6 heteroatoms. The first-order chi connectivity index (χ1) is 8.17. The molecule has 0 saturated heterocycles. The zero-order valence-corrected chi connectivity index (χ0v) is 11.6. The maximum atomic E-state index is 12.5. The highest BCUT2D eigenvalue weighted by Crippen LogP contribution is 2.43. The van der Waals surface area contributed by atoms with E-state index < -0.39 is 11.2 Å². The molecule has 0 spiro atoms. The first kappa shape index (κ1) is 13.9. The van der Waals surface area contributed by atoms with E-state index in [0.717, 1.165) is 18.4 Å². The molecule has 18 heavy (non-hydrogen) atoms. The molecule has 1 aromatic rings. The average Bonchev–Trinajstić information content (AvgIpc) is 2.61. The number of halogens is 4. The van der Waals surface area contributed by atoms with Crippen molar-refractivity contribution in [1.82, 2.24) is 4.98 Å². The topological polar surface area (TPSA) is 12.9 Å². The Kier molecular flexibility index (Phi) is 3.49. The molecule has 1 heterocycles. The van der Waals surface area contributed by atoms with Crippen LogP contribution in [0.25, 0.3) is 5.57 Å². The van der Waals surface area contributed by atoms with Crippen molar-refractivity contribution in [3.8, 4) is 0 Å². The molecule has 1 atom stereocenters. The molecule has 2 rings (SSSR count). The van der Waals surface area contributed by atoms with E-state index >= 15 is 0 Å². The molecule has 1 aromatic heterocycles. The molecule has 0 aromatic carbocycles. The molecule has 0 aliphatic heterocycles. The van der Waals surface area contributed by atoms with Gasteiger partial charge in [0.1, 0.15) is 0 Å². The zero-order chi connectivity index (χ0) is 13.6. The summed E-state index contributed by atoms with van der Waals surface area (Å²) >= 11 is 6.81. The summed E-state index contributed by atoms with van der Waals surface area (Å²) in [6.07, 6.45) is 0.345. The molecular weight excluding hydrogens is 283 g/mol. The number of alkyl halides is 4. The molecule has 0 radical (unpaired) electrons. The maximum absolute atomic E-state index is 12.5. The number of nitrogens with zero attached hydrogens (tertiary/aromatic N) is 1. The molecule has 100 valence electrons. The second-order valence-corrected chi connectivity index (χ2v) is 6.87. The van der Waals surface area contributed by atoms with Gasteiger partial charge in [0, 0.05) is 6.20 Å². The van der Waals surface area contributed by atoms with E-state index in [2.05, 4.69) is 18.8 Å². The van der Waals surface area contributed by atoms with Gasteiger partial charge in [-0.15, -0.1) is 22.9 Å². The van der Waals surface area contributed by atoms with Gasteiger partial charge in [-0.2, -0.15) is 13.2 Å². The largest absolute Gasteiger partial charge is 0.443 e. The molecule has 0 fully saturated rings. The monoisotopic (exact) mass is 295 g/mol. The Hall–Kier alpha value is -0.550. The minimum atomic E-state index is -4.37. The van der Waals surface area contributed by atoms with Gasteiger partial charge in [-0.1, -0.05) is 19.9 Å². The summed E-state index contributed by atoms with van der Waals surface area (Å²) in [6, 6.07) is 0. The molecule has 0 N–H and O–H groups in total. The minimum absolute atomic E-state index is 0.0128. The van der Waals surface area contributed by atoms with Gasteiger partial charge in [0.15, 0.2) is 5.01 Å². The van der Waals surface area contributed by atoms with E-state index in [-0.39, 0.29) is 10.8 Å². The lowest BCUT2D eigenvalue weighted by molar-refractivity contribution is -0.137. The summed E-state index contributed by atoms with van der Waals surface area (Å²) in [5, 5.41) is -0.923. The van der Waals surface area contributed by atoms with E-state index in [9.17, 15) is 13.2 Å². The molecule has 1 aliphatic rings. The second-order valence-electron chi connectivity index (χ2n) is 5.28. The zero-order valence-electron chi connectivity index (χ0n) is 10.0. The fourth-order valence-electron chi connectivity index (χ4n) is 2.17. The maximum Gasteiger partial charge on any atom is 0.443 e. The predicted molar refractivity (Wildman–Crippen MR) is 67.7 cm³/mol. The van der Waals surface area contributed by atoms with Crippen LogP contribution in [0.15, 0.2) is 12.3 Å². The van der Waals surface area contributed by atoms with Crippen LogP contribution in [0.4, 0.5) is 13.2 Å². The highest BCUT2D eigenvalue weighted by molar-refractivity contribution is 7.12. The fraction of sp³-hybridized carbons (Fsp3) is 0.583. The van der Waals surface area contributed by atoms with E-state index in [0.29, 0.717) is 16.2 Å². The van der Waals surface area contributed by atoms with Crippen LogP contribution >= 0.6 is 22.9 Å². The molecule has 0 bridgehead atoms. The number of allylic oxidation sites excluding steroid dienone is 2. The van der Waals surface area contributed by atoms with Gasteiger partial charge in [0.2, 0.25) is 0 Å². The van der Waals surface area contributed by atoms with Crippen molar-refractivity contribution in [1.29, 1.82) is 0 Å². The molecular formula is C12H13ClF3NS. The summed E-state index contributed by atoms with van der Waals surface area (Å²) in [6.45, 7) is 4.14. The summed E-state index contributed by atoms with van der Waals surface area (Å²) in [4.78, 5) is 4.02. The first-order valence-corrected chi connectivity index (χ1v) is 6.81. The quantitative estimate of drug-likeness (QED) is 0.666. The van der Waals surface area contributed by atoms with Crippen LogP contribution in [0, 0.1) is 5.41 Å². The van der Waals surface area contributed by atoms with Crippen LogP contribution in [-0.2, 0) is 6.18 Å². The van der Waals surface area contributed by atoms with Gasteiger partial charge in [0.05, 0.1) is 10.3 Å².